The van der Waals surface area contributed by atoms with E-state index < -0.39 is 11.6 Å². The van der Waals surface area contributed by atoms with Crippen LogP contribution in [0.2, 0.25) is 0 Å². The molecule has 0 fully saturated rings. The fourth-order valence-corrected chi connectivity index (χ4v) is 2.56. The van der Waals surface area contributed by atoms with E-state index in [4.69, 9.17) is 0 Å². The fourth-order valence-electron chi connectivity index (χ4n) is 2.56. The number of para-hydroxylation sites is 1. The van der Waals surface area contributed by atoms with Crippen LogP contribution in [-0.2, 0) is 17.6 Å². The number of carbonyl (C=O) groups excluding carboxylic acids is 1. The summed E-state index contributed by atoms with van der Waals surface area (Å²) in [6.07, 6.45) is 0.580. The van der Waals surface area contributed by atoms with Crippen LogP contribution in [0.25, 0.3) is 0 Å². The van der Waals surface area contributed by atoms with E-state index in [1.165, 1.54) is 17.0 Å². The normalized spacial score (nSPS) is 13.4. The minimum Gasteiger partial charge on any atom is -0.309 e. The summed E-state index contributed by atoms with van der Waals surface area (Å²) in [5.74, 6) is -1.09. The van der Waals surface area contributed by atoms with Crippen molar-refractivity contribution < 1.29 is 13.6 Å². The first-order valence-electron chi connectivity index (χ1n) is 6.48. The lowest BCUT2D eigenvalue weighted by molar-refractivity contribution is -0.117. The molecule has 0 atom stereocenters. The van der Waals surface area contributed by atoms with Crippen molar-refractivity contribution in [3.8, 4) is 0 Å². The number of nitrogens with zero attached hydrogens (tertiary/aromatic N) is 1. The van der Waals surface area contributed by atoms with E-state index in [9.17, 15) is 13.6 Å². The first-order valence-corrected chi connectivity index (χ1v) is 6.48. The van der Waals surface area contributed by atoms with Crippen LogP contribution >= 0.6 is 0 Å². The minimum atomic E-state index is -0.409. The third kappa shape index (κ3) is 2.18. The highest BCUT2D eigenvalue weighted by atomic mass is 19.1. The van der Waals surface area contributed by atoms with Crippen LogP contribution in [0.15, 0.2) is 42.5 Å². The Labute approximate surface area is 115 Å². The Bertz CT molecular complexity index is 669. The Hall–Kier alpha value is -2.23. The van der Waals surface area contributed by atoms with Crippen molar-refractivity contribution in [3.05, 3.63) is 65.2 Å². The predicted octanol–water partition coefficient (Wildman–Crippen LogP) is 3.10. The summed E-state index contributed by atoms with van der Waals surface area (Å²) in [5.41, 5.74) is 1.50. The van der Waals surface area contributed by atoms with Crippen molar-refractivity contribution in [2.45, 2.75) is 12.8 Å². The summed E-state index contributed by atoms with van der Waals surface area (Å²) < 4.78 is 27.4. The molecule has 102 valence electrons. The molecule has 0 radical (unpaired) electrons. The van der Waals surface area contributed by atoms with Crippen LogP contribution in [0.5, 0.6) is 0 Å². The summed E-state index contributed by atoms with van der Waals surface area (Å²) >= 11 is 0. The average molecular weight is 273 g/mol. The van der Waals surface area contributed by atoms with Gasteiger partial charge in [0.15, 0.2) is 0 Å². The Kier molecular flexibility index (Phi) is 3.22. The van der Waals surface area contributed by atoms with Gasteiger partial charge in [-0.15, -0.1) is 0 Å². The zero-order valence-electron chi connectivity index (χ0n) is 10.8. The lowest BCUT2D eigenvalue weighted by Gasteiger charge is -2.18. The number of halogens is 2. The van der Waals surface area contributed by atoms with Crippen LogP contribution < -0.4 is 4.90 Å². The fraction of sp³-hybridized carbons (Fsp3) is 0.188. The van der Waals surface area contributed by atoms with Gasteiger partial charge in [0.05, 0.1) is 12.1 Å². The van der Waals surface area contributed by atoms with Gasteiger partial charge in [-0.1, -0.05) is 30.3 Å². The molecule has 1 heterocycles. The first-order chi connectivity index (χ1) is 9.66. The first kappa shape index (κ1) is 12.8. The molecule has 0 bridgehead atoms. The Morgan fingerprint density at radius 2 is 1.80 bits per heavy atom. The highest BCUT2D eigenvalue weighted by molar-refractivity contribution is 5.96. The van der Waals surface area contributed by atoms with E-state index in [1.807, 2.05) is 6.07 Å². The number of anilines is 1. The standard InChI is InChI=1S/C16H13F2NO/c17-13-6-2-1-4-12(13)10-15(20)19-9-8-11-5-3-7-14(18)16(11)19/h1-7H,8-10H2. The van der Waals surface area contributed by atoms with Gasteiger partial charge >= 0.3 is 0 Å². The van der Waals surface area contributed by atoms with Crippen LogP contribution in [0.1, 0.15) is 11.1 Å². The van der Waals surface area contributed by atoms with E-state index in [-0.39, 0.29) is 12.3 Å². The molecule has 1 aliphatic heterocycles. The Morgan fingerprint density at radius 3 is 2.60 bits per heavy atom. The summed E-state index contributed by atoms with van der Waals surface area (Å²) in [6, 6.07) is 11.0. The van der Waals surface area contributed by atoms with Crippen molar-refractivity contribution in [3.63, 3.8) is 0 Å². The average Bonchev–Trinajstić information content (AvgIpc) is 2.87. The molecule has 0 N–H and O–H groups in total. The third-order valence-electron chi connectivity index (χ3n) is 3.55. The molecule has 0 aliphatic carbocycles. The van der Waals surface area contributed by atoms with Crippen molar-refractivity contribution in [1.82, 2.24) is 0 Å². The monoisotopic (exact) mass is 273 g/mol. The maximum atomic E-state index is 13.9. The molecular formula is C16H13F2NO. The number of amides is 1. The number of fused-ring (bicyclic) bond motifs is 1. The number of benzene rings is 2. The third-order valence-corrected chi connectivity index (χ3v) is 3.55. The number of carbonyl (C=O) groups is 1. The largest absolute Gasteiger partial charge is 0.309 e. The van der Waals surface area contributed by atoms with Gasteiger partial charge in [0.1, 0.15) is 11.6 Å². The van der Waals surface area contributed by atoms with Gasteiger partial charge < -0.3 is 4.90 Å². The highest BCUT2D eigenvalue weighted by Gasteiger charge is 2.27. The molecule has 2 nitrogen and oxygen atoms in total. The Balaban J connectivity index is 1.86. The Morgan fingerprint density at radius 1 is 1.05 bits per heavy atom. The van der Waals surface area contributed by atoms with E-state index in [0.29, 0.717) is 24.2 Å². The van der Waals surface area contributed by atoms with Gasteiger partial charge in [-0.2, -0.15) is 0 Å². The van der Waals surface area contributed by atoms with E-state index in [1.54, 1.807) is 24.3 Å². The number of hydrogen-bond donors (Lipinski definition) is 0. The van der Waals surface area contributed by atoms with Crippen molar-refractivity contribution in [2.75, 3.05) is 11.4 Å². The maximum Gasteiger partial charge on any atom is 0.231 e. The molecule has 0 unspecified atom stereocenters. The summed E-state index contributed by atoms with van der Waals surface area (Å²) in [4.78, 5) is 13.7. The second kappa shape index (κ2) is 5.04. The minimum absolute atomic E-state index is 0.0551. The zero-order valence-corrected chi connectivity index (χ0v) is 10.8. The summed E-state index contributed by atoms with van der Waals surface area (Å²) in [7, 11) is 0. The molecule has 2 aromatic rings. The van der Waals surface area contributed by atoms with Gasteiger partial charge in [-0.05, 0) is 29.7 Å². The van der Waals surface area contributed by atoms with Crippen LogP contribution in [0, 0.1) is 11.6 Å². The number of hydrogen-bond acceptors (Lipinski definition) is 1. The molecule has 2 aromatic carbocycles. The molecule has 1 amide bonds. The molecule has 0 aromatic heterocycles. The van der Waals surface area contributed by atoms with Crippen molar-refractivity contribution >= 4 is 11.6 Å². The van der Waals surface area contributed by atoms with Crippen molar-refractivity contribution in [2.24, 2.45) is 0 Å². The topological polar surface area (TPSA) is 20.3 Å². The molecule has 4 heteroatoms. The van der Waals surface area contributed by atoms with Crippen LogP contribution in [0.4, 0.5) is 14.5 Å². The molecular weight excluding hydrogens is 260 g/mol. The molecule has 0 saturated carbocycles. The van der Waals surface area contributed by atoms with E-state index in [2.05, 4.69) is 0 Å². The van der Waals surface area contributed by atoms with Gasteiger partial charge in [0, 0.05) is 6.54 Å². The summed E-state index contributed by atoms with van der Waals surface area (Å²) in [6.45, 7) is 0.448. The predicted molar refractivity (Wildman–Crippen MR) is 72.6 cm³/mol. The van der Waals surface area contributed by atoms with Gasteiger partial charge in [0.25, 0.3) is 0 Å². The highest BCUT2D eigenvalue weighted by Crippen LogP contribution is 2.31. The summed E-state index contributed by atoms with van der Waals surface area (Å²) in [5, 5.41) is 0. The van der Waals surface area contributed by atoms with Crippen LogP contribution in [0.3, 0.4) is 0 Å². The molecule has 0 saturated heterocycles. The molecule has 1 aliphatic rings. The zero-order chi connectivity index (χ0) is 14.1. The lowest BCUT2D eigenvalue weighted by Crippen LogP contribution is -2.31. The SMILES string of the molecule is O=C(Cc1ccccc1F)N1CCc2cccc(F)c21. The van der Waals surface area contributed by atoms with Gasteiger partial charge in [-0.25, -0.2) is 8.78 Å². The second-order valence-electron chi connectivity index (χ2n) is 4.81. The smallest absolute Gasteiger partial charge is 0.231 e. The maximum absolute atomic E-state index is 13.9. The molecule has 0 spiro atoms. The van der Waals surface area contributed by atoms with E-state index >= 15 is 0 Å². The molecule has 20 heavy (non-hydrogen) atoms. The van der Waals surface area contributed by atoms with Crippen LogP contribution in [-0.4, -0.2) is 12.5 Å². The quantitative estimate of drug-likeness (QED) is 0.823. The van der Waals surface area contributed by atoms with E-state index in [0.717, 1.165) is 5.56 Å². The molecule has 3 rings (SSSR count). The number of rotatable bonds is 2. The van der Waals surface area contributed by atoms with Crippen molar-refractivity contribution in [1.29, 1.82) is 0 Å². The van der Waals surface area contributed by atoms with Gasteiger partial charge in [0.2, 0.25) is 5.91 Å². The van der Waals surface area contributed by atoms with Gasteiger partial charge in [-0.3, -0.25) is 4.79 Å². The lowest BCUT2D eigenvalue weighted by atomic mass is 10.1. The second-order valence-corrected chi connectivity index (χ2v) is 4.81.